The Kier molecular flexibility index (Phi) is 5.26. The van der Waals surface area contributed by atoms with E-state index in [1.807, 2.05) is 7.05 Å². The van der Waals surface area contributed by atoms with Crippen LogP contribution in [0.5, 0.6) is 0 Å². The highest BCUT2D eigenvalue weighted by atomic mass is 16.2. The second-order valence-corrected chi connectivity index (χ2v) is 5.27. The normalized spacial score (nSPS) is 23.6. The molecule has 2 unspecified atom stereocenters. The van der Waals surface area contributed by atoms with Crippen LogP contribution in [0.4, 0.5) is 0 Å². The van der Waals surface area contributed by atoms with Crippen molar-refractivity contribution < 1.29 is 4.79 Å². The number of hydrogen-bond donors (Lipinski definition) is 1. The van der Waals surface area contributed by atoms with Gasteiger partial charge in [-0.3, -0.25) is 4.79 Å². The molecule has 0 aromatic rings. The molecule has 1 aliphatic heterocycles. The Bertz CT molecular complexity index is 226. The second-order valence-electron chi connectivity index (χ2n) is 5.27. The maximum Gasteiger partial charge on any atom is 0.225 e. The van der Waals surface area contributed by atoms with Crippen LogP contribution in [0.3, 0.4) is 0 Å². The van der Waals surface area contributed by atoms with Crippen LogP contribution in [0.15, 0.2) is 0 Å². The van der Waals surface area contributed by atoms with Crippen molar-refractivity contribution in [2.24, 2.45) is 11.8 Å². The van der Waals surface area contributed by atoms with E-state index in [4.69, 9.17) is 0 Å². The topological polar surface area (TPSA) is 32.3 Å². The molecule has 0 spiro atoms. The molecular formula is C13H26N2O. The number of piperidine rings is 1. The molecule has 2 atom stereocenters. The lowest BCUT2D eigenvalue weighted by Crippen LogP contribution is -2.50. The maximum atomic E-state index is 12.3. The molecule has 0 radical (unpaired) electrons. The van der Waals surface area contributed by atoms with E-state index in [1.165, 1.54) is 6.42 Å². The van der Waals surface area contributed by atoms with Gasteiger partial charge in [0.1, 0.15) is 0 Å². The zero-order valence-corrected chi connectivity index (χ0v) is 11.1. The Hall–Kier alpha value is -0.570. The van der Waals surface area contributed by atoms with Crippen molar-refractivity contribution in [2.75, 3.05) is 20.1 Å². The highest BCUT2D eigenvalue weighted by Gasteiger charge is 2.30. The number of carbonyl (C=O) groups is 1. The SMILES string of the molecule is CNCC1CCCCN1C(=O)C(C)C(C)C. The monoisotopic (exact) mass is 226 g/mol. The van der Waals surface area contributed by atoms with E-state index in [1.54, 1.807) is 0 Å². The fourth-order valence-corrected chi connectivity index (χ4v) is 2.29. The third kappa shape index (κ3) is 3.21. The quantitative estimate of drug-likeness (QED) is 0.794. The number of nitrogens with one attached hydrogen (secondary N) is 1. The Balaban J connectivity index is 2.63. The number of likely N-dealkylation sites (N-methyl/N-ethyl adjacent to an activating group) is 1. The first-order valence-electron chi connectivity index (χ1n) is 6.53. The van der Waals surface area contributed by atoms with E-state index in [0.717, 1.165) is 25.9 Å². The maximum absolute atomic E-state index is 12.3. The number of nitrogens with zero attached hydrogens (tertiary/aromatic N) is 1. The third-order valence-corrected chi connectivity index (χ3v) is 3.74. The summed E-state index contributed by atoms with van der Waals surface area (Å²) in [7, 11) is 1.96. The van der Waals surface area contributed by atoms with Gasteiger partial charge in [-0.2, -0.15) is 0 Å². The molecule has 0 bridgehead atoms. The van der Waals surface area contributed by atoms with Gasteiger partial charge in [0.25, 0.3) is 0 Å². The highest BCUT2D eigenvalue weighted by molar-refractivity contribution is 5.79. The summed E-state index contributed by atoms with van der Waals surface area (Å²) in [4.78, 5) is 14.4. The second kappa shape index (κ2) is 6.24. The molecule has 1 N–H and O–H groups in total. The zero-order valence-electron chi connectivity index (χ0n) is 11.1. The molecule has 1 amide bonds. The molecule has 0 aromatic heterocycles. The van der Waals surface area contributed by atoms with Gasteiger partial charge in [0.05, 0.1) is 0 Å². The van der Waals surface area contributed by atoms with Crippen LogP contribution in [0.25, 0.3) is 0 Å². The fraction of sp³-hybridized carbons (Fsp3) is 0.923. The number of carbonyl (C=O) groups excluding carboxylic acids is 1. The molecule has 0 aliphatic carbocycles. The lowest BCUT2D eigenvalue weighted by atomic mass is 9.93. The van der Waals surface area contributed by atoms with Crippen LogP contribution in [0, 0.1) is 11.8 Å². The predicted octanol–water partition coefficient (Wildman–Crippen LogP) is 1.88. The highest BCUT2D eigenvalue weighted by Crippen LogP contribution is 2.21. The Morgan fingerprint density at radius 3 is 2.62 bits per heavy atom. The molecule has 0 aromatic carbocycles. The smallest absolute Gasteiger partial charge is 0.225 e. The van der Waals surface area contributed by atoms with E-state index < -0.39 is 0 Å². The van der Waals surface area contributed by atoms with Crippen molar-refractivity contribution in [1.29, 1.82) is 0 Å². The zero-order chi connectivity index (χ0) is 12.1. The van der Waals surface area contributed by atoms with Gasteiger partial charge in [-0.25, -0.2) is 0 Å². The van der Waals surface area contributed by atoms with Crippen molar-refractivity contribution in [3.8, 4) is 0 Å². The molecule has 1 fully saturated rings. The van der Waals surface area contributed by atoms with Crippen LogP contribution in [-0.2, 0) is 4.79 Å². The van der Waals surface area contributed by atoms with Crippen LogP contribution in [0.1, 0.15) is 40.0 Å². The van der Waals surface area contributed by atoms with E-state index in [9.17, 15) is 4.79 Å². The first-order valence-corrected chi connectivity index (χ1v) is 6.53. The molecule has 3 nitrogen and oxygen atoms in total. The Morgan fingerprint density at radius 1 is 1.38 bits per heavy atom. The van der Waals surface area contributed by atoms with Gasteiger partial charge < -0.3 is 10.2 Å². The summed E-state index contributed by atoms with van der Waals surface area (Å²) >= 11 is 0. The molecule has 1 saturated heterocycles. The molecule has 1 aliphatic rings. The van der Waals surface area contributed by atoms with E-state index in [2.05, 4.69) is 31.0 Å². The minimum absolute atomic E-state index is 0.150. The molecule has 0 saturated carbocycles. The fourth-order valence-electron chi connectivity index (χ4n) is 2.29. The lowest BCUT2D eigenvalue weighted by Gasteiger charge is -2.38. The molecule has 1 rings (SSSR count). The predicted molar refractivity (Wildman–Crippen MR) is 67.3 cm³/mol. The van der Waals surface area contributed by atoms with E-state index in [-0.39, 0.29) is 5.92 Å². The van der Waals surface area contributed by atoms with Crippen LogP contribution < -0.4 is 5.32 Å². The molecule has 3 heteroatoms. The summed E-state index contributed by atoms with van der Waals surface area (Å²) < 4.78 is 0. The van der Waals surface area contributed by atoms with Crippen LogP contribution in [-0.4, -0.2) is 37.0 Å². The Labute approximate surface area is 99.6 Å². The Morgan fingerprint density at radius 2 is 2.06 bits per heavy atom. The molecule has 94 valence electrons. The number of likely N-dealkylation sites (tertiary alicyclic amines) is 1. The van der Waals surface area contributed by atoms with Crippen molar-refractivity contribution in [3.63, 3.8) is 0 Å². The van der Waals surface area contributed by atoms with Crippen molar-refractivity contribution in [3.05, 3.63) is 0 Å². The summed E-state index contributed by atoms with van der Waals surface area (Å²) in [6, 6.07) is 0.410. The summed E-state index contributed by atoms with van der Waals surface area (Å²) in [6.07, 6.45) is 3.57. The first kappa shape index (κ1) is 13.5. The summed E-state index contributed by atoms with van der Waals surface area (Å²) in [6.45, 7) is 8.18. The number of rotatable bonds is 4. The van der Waals surface area contributed by atoms with Gasteiger partial charge in [0, 0.05) is 25.0 Å². The molecule has 1 heterocycles. The first-order chi connectivity index (χ1) is 7.57. The van der Waals surface area contributed by atoms with Gasteiger partial charge in [-0.05, 0) is 32.2 Å². The summed E-state index contributed by atoms with van der Waals surface area (Å²) in [5, 5.41) is 3.20. The summed E-state index contributed by atoms with van der Waals surface area (Å²) in [5.74, 6) is 0.928. The van der Waals surface area contributed by atoms with Gasteiger partial charge in [-0.1, -0.05) is 20.8 Å². The minimum Gasteiger partial charge on any atom is -0.338 e. The number of amides is 1. The van der Waals surface area contributed by atoms with Crippen LogP contribution in [0.2, 0.25) is 0 Å². The molecular weight excluding hydrogens is 200 g/mol. The lowest BCUT2D eigenvalue weighted by molar-refractivity contribution is -0.140. The van der Waals surface area contributed by atoms with Crippen molar-refractivity contribution in [2.45, 2.75) is 46.1 Å². The van der Waals surface area contributed by atoms with Crippen LogP contribution >= 0.6 is 0 Å². The van der Waals surface area contributed by atoms with Gasteiger partial charge in [0.15, 0.2) is 0 Å². The standard InChI is InChI=1S/C13H26N2O/c1-10(2)11(3)13(16)15-8-6-5-7-12(15)9-14-4/h10-12,14H,5-9H2,1-4H3. The van der Waals surface area contributed by atoms with E-state index >= 15 is 0 Å². The average molecular weight is 226 g/mol. The summed E-state index contributed by atoms with van der Waals surface area (Å²) in [5.41, 5.74) is 0. The number of hydrogen-bond acceptors (Lipinski definition) is 2. The van der Waals surface area contributed by atoms with E-state index in [0.29, 0.717) is 17.9 Å². The van der Waals surface area contributed by atoms with Gasteiger partial charge in [-0.15, -0.1) is 0 Å². The largest absolute Gasteiger partial charge is 0.338 e. The van der Waals surface area contributed by atoms with Crippen molar-refractivity contribution in [1.82, 2.24) is 10.2 Å². The minimum atomic E-state index is 0.150. The van der Waals surface area contributed by atoms with Gasteiger partial charge >= 0.3 is 0 Å². The van der Waals surface area contributed by atoms with Crippen molar-refractivity contribution >= 4 is 5.91 Å². The molecule has 16 heavy (non-hydrogen) atoms. The van der Waals surface area contributed by atoms with Gasteiger partial charge in [0.2, 0.25) is 5.91 Å². The third-order valence-electron chi connectivity index (χ3n) is 3.74. The average Bonchev–Trinajstić information content (AvgIpc) is 2.28.